The van der Waals surface area contributed by atoms with Crippen molar-refractivity contribution in [2.24, 2.45) is 5.73 Å². The summed E-state index contributed by atoms with van der Waals surface area (Å²) in [5.41, 5.74) is 7.21. The van der Waals surface area contributed by atoms with Crippen LogP contribution in [-0.2, 0) is 6.54 Å². The molecule has 2 unspecified atom stereocenters. The summed E-state index contributed by atoms with van der Waals surface area (Å²) in [6.45, 7) is 4.09. The van der Waals surface area contributed by atoms with Crippen LogP contribution in [0.1, 0.15) is 31.7 Å². The highest BCUT2D eigenvalue weighted by Gasteiger charge is 2.25. The lowest BCUT2D eigenvalue weighted by Crippen LogP contribution is -2.48. The van der Waals surface area contributed by atoms with E-state index in [0.29, 0.717) is 6.04 Å². The lowest BCUT2D eigenvalue weighted by atomic mass is 9.96. The molecule has 1 saturated heterocycles. The third kappa shape index (κ3) is 3.18. The largest absolute Gasteiger partial charge is 0.327 e. The van der Waals surface area contributed by atoms with Crippen molar-refractivity contribution in [1.82, 2.24) is 9.88 Å². The standard InChI is InChI=1S/C13H20ClN3/c1-10(15)13-4-2-3-7-17(13)9-11-5-6-16-8-12(11)14/h5-6,8,10,13H,2-4,7,9,15H2,1H3. The smallest absolute Gasteiger partial charge is 0.0634 e. The third-order valence-electron chi connectivity index (χ3n) is 3.50. The van der Waals surface area contributed by atoms with Crippen LogP contribution in [0.3, 0.4) is 0 Å². The van der Waals surface area contributed by atoms with E-state index in [1.165, 1.54) is 19.3 Å². The molecule has 94 valence electrons. The van der Waals surface area contributed by atoms with Gasteiger partial charge in [0.05, 0.1) is 5.02 Å². The molecule has 0 amide bonds. The molecule has 0 aliphatic carbocycles. The second kappa shape index (κ2) is 5.80. The predicted octanol–water partition coefficient (Wildman–Crippen LogP) is 2.44. The highest BCUT2D eigenvalue weighted by molar-refractivity contribution is 6.31. The Kier molecular flexibility index (Phi) is 4.37. The number of halogens is 1. The molecule has 0 radical (unpaired) electrons. The molecule has 4 heteroatoms. The minimum Gasteiger partial charge on any atom is -0.327 e. The summed E-state index contributed by atoms with van der Waals surface area (Å²) in [6, 6.07) is 2.69. The molecule has 1 aromatic heterocycles. The van der Waals surface area contributed by atoms with Gasteiger partial charge in [-0.25, -0.2) is 0 Å². The first-order valence-corrected chi connectivity index (χ1v) is 6.64. The topological polar surface area (TPSA) is 42.1 Å². The van der Waals surface area contributed by atoms with E-state index < -0.39 is 0 Å². The van der Waals surface area contributed by atoms with Gasteiger partial charge in [-0.05, 0) is 37.9 Å². The summed E-state index contributed by atoms with van der Waals surface area (Å²) >= 11 is 6.15. The fourth-order valence-electron chi connectivity index (χ4n) is 2.56. The molecule has 1 aliphatic heterocycles. The van der Waals surface area contributed by atoms with Crippen molar-refractivity contribution in [3.05, 3.63) is 29.0 Å². The molecule has 2 heterocycles. The van der Waals surface area contributed by atoms with E-state index >= 15 is 0 Å². The van der Waals surface area contributed by atoms with E-state index in [2.05, 4.69) is 16.8 Å². The van der Waals surface area contributed by atoms with Gasteiger partial charge < -0.3 is 5.73 Å². The van der Waals surface area contributed by atoms with E-state index in [0.717, 1.165) is 23.7 Å². The molecule has 2 N–H and O–H groups in total. The van der Waals surface area contributed by atoms with Gasteiger partial charge in [0.15, 0.2) is 0 Å². The average molecular weight is 254 g/mol. The quantitative estimate of drug-likeness (QED) is 0.900. The molecule has 1 fully saturated rings. The second-order valence-corrected chi connectivity index (χ2v) is 5.27. The van der Waals surface area contributed by atoms with Gasteiger partial charge >= 0.3 is 0 Å². The molecule has 0 spiro atoms. The lowest BCUT2D eigenvalue weighted by molar-refractivity contribution is 0.123. The van der Waals surface area contributed by atoms with Crippen molar-refractivity contribution in [2.45, 2.75) is 44.8 Å². The first kappa shape index (κ1) is 12.8. The maximum absolute atomic E-state index is 6.15. The summed E-state index contributed by atoms with van der Waals surface area (Å²) in [7, 11) is 0. The Bertz CT molecular complexity index is 367. The zero-order valence-electron chi connectivity index (χ0n) is 10.3. The number of likely N-dealkylation sites (tertiary alicyclic amines) is 1. The van der Waals surface area contributed by atoms with Crippen molar-refractivity contribution in [1.29, 1.82) is 0 Å². The molecule has 2 atom stereocenters. The van der Waals surface area contributed by atoms with E-state index in [9.17, 15) is 0 Å². The Balaban J connectivity index is 2.08. The van der Waals surface area contributed by atoms with Gasteiger partial charge in [-0.15, -0.1) is 0 Å². The Labute approximate surface area is 108 Å². The van der Waals surface area contributed by atoms with Crippen molar-refractivity contribution < 1.29 is 0 Å². The number of aromatic nitrogens is 1. The molecular weight excluding hydrogens is 234 g/mol. The van der Waals surface area contributed by atoms with Crippen LogP contribution in [0.25, 0.3) is 0 Å². The maximum Gasteiger partial charge on any atom is 0.0634 e. The van der Waals surface area contributed by atoms with E-state index in [1.807, 2.05) is 6.07 Å². The first-order chi connectivity index (χ1) is 8.18. The Morgan fingerprint density at radius 3 is 3.12 bits per heavy atom. The number of rotatable bonds is 3. The summed E-state index contributed by atoms with van der Waals surface area (Å²) in [6.07, 6.45) is 7.24. The van der Waals surface area contributed by atoms with Crippen LogP contribution in [0.2, 0.25) is 5.02 Å². The molecule has 17 heavy (non-hydrogen) atoms. The first-order valence-electron chi connectivity index (χ1n) is 6.26. The summed E-state index contributed by atoms with van der Waals surface area (Å²) in [5, 5.41) is 0.751. The van der Waals surface area contributed by atoms with Crippen LogP contribution in [0.4, 0.5) is 0 Å². The number of hydrogen-bond acceptors (Lipinski definition) is 3. The van der Waals surface area contributed by atoms with Crippen LogP contribution < -0.4 is 5.73 Å². The normalized spacial score (nSPS) is 23.6. The van der Waals surface area contributed by atoms with Crippen LogP contribution in [0.15, 0.2) is 18.5 Å². The number of nitrogens with zero attached hydrogens (tertiary/aromatic N) is 2. The van der Waals surface area contributed by atoms with Gasteiger partial charge in [-0.2, -0.15) is 0 Å². The third-order valence-corrected chi connectivity index (χ3v) is 3.84. The van der Waals surface area contributed by atoms with Crippen LogP contribution in [0.5, 0.6) is 0 Å². The number of pyridine rings is 1. The van der Waals surface area contributed by atoms with Crippen molar-refractivity contribution in [3.8, 4) is 0 Å². The average Bonchev–Trinajstić information content (AvgIpc) is 2.32. The summed E-state index contributed by atoms with van der Waals surface area (Å²) < 4.78 is 0. The number of nitrogens with two attached hydrogens (primary N) is 1. The summed E-state index contributed by atoms with van der Waals surface area (Å²) in [4.78, 5) is 6.47. The van der Waals surface area contributed by atoms with E-state index in [-0.39, 0.29) is 6.04 Å². The predicted molar refractivity (Wildman–Crippen MR) is 70.9 cm³/mol. The van der Waals surface area contributed by atoms with E-state index in [1.54, 1.807) is 12.4 Å². The van der Waals surface area contributed by atoms with Crippen LogP contribution >= 0.6 is 11.6 Å². The van der Waals surface area contributed by atoms with Gasteiger partial charge in [0, 0.05) is 31.0 Å². The summed E-state index contributed by atoms with van der Waals surface area (Å²) in [5.74, 6) is 0. The van der Waals surface area contributed by atoms with Gasteiger partial charge in [0.1, 0.15) is 0 Å². The minimum atomic E-state index is 0.218. The van der Waals surface area contributed by atoms with Gasteiger partial charge in [0.25, 0.3) is 0 Å². The molecule has 2 rings (SSSR count). The van der Waals surface area contributed by atoms with Gasteiger partial charge in [-0.1, -0.05) is 18.0 Å². The molecule has 0 aromatic carbocycles. The zero-order chi connectivity index (χ0) is 12.3. The van der Waals surface area contributed by atoms with Gasteiger partial charge in [-0.3, -0.25) is 9.88 Å². The molecule has 0 saturated carbocycles. The lowest BCUT2D eigenvalue weighted by Gasteiger charge is -2.38. The Morgan fingerprint density at radius 1 is 1.59 bits per heavy atom. The van der Waals surface area contributed by atoms with E-state index in [4.69, 9.17) is 17.3 Å². The highest BCUT2D eigenvalue weighted by Crippen LogP contribution is 2.23. The molecular formula is C13H20ClN3. The molecule has 3 nitrogen and oxygen atoms in total. The Hall–Kier alpha value is -0.640. The Morgan fingerprint density at radius 2 is 2.41 bits per heavy atom. The van der Waals surface area contributed by atoms with Gasteiger partial charge in [0.2, 0.25) is 0 Å². The number of piperidine rings is 1. The van der Waals surface area contributed by atoms with Crippen molar-refractivity contribution in [3.63, 3.8) is 0 Å². The maximum atomic E-state index is 6.15. The van der Waals surface area contributed by atoms with Crippen LogP contribution in [0, 0.1) is 0 Å². The van der Waals surface area contributed by atoms with Crippen LogP contribution in [-0.4, -0.2) is 28.5 Å². The number of hydrogen-bond donors (Lipinski definition) is 1. The second-order valence-electron chi connectivity index (χ2n) is 4.86. The van der Waals surface area contributed by atoms with Crippen molar-refractivity contribution >= 4 is 11.6 Å². The molecule has 0 bridgehead atoms. The SMILES string of the molecule is CC(N)C1CCCCN1Cc1ccncc1Cl. The minimum absolute atomic E-state index is 0.218. The fraction of sp³-hybridized carbons (Fsp3) is 0.615. The molecule has 1 aliphatic rings. The highest BCUT2D eigenvalue weighted by atomic mass is 35.5. The van der Waals surface area contributed by atoms with Crippen molar-refractivity contribution in [2.75, 3.05) is 6.54 Å². The molecule has 1 aromatic rings. The fourth-order valence-corrected chi connectivity index (χ4v) is 2.74. The zero-order valence-corrected chi connectivity index (χ0v) is 11.0. The monoisotopic (exact) mass is 253 g/mol.